The standard InChI is InChI=1S/C13H25N3O2/c1-3-14-12-10-18-9-11(12)13(17)16-6-4-5-15(2)7-8-16/h11-12,14H,3-10H2,1-2H3. The summed E-state index contributed by atoms with van der Waals surface area (Å²) in [7, 11) is 2.12. The average molecular weight is 255 g/mol. The van der Waals surface area contributed by atoms with E-state index in [4.69, 9.17) is 4.74 Å². The molecule has 2 atom stereocenters. The van der Waals surface area contributed by atoms with Gasteiger partial charge in [-0.3, -0.25) is 4.79 Å². The fourth-order valence-electron chi connectivity index (χ4n) is 2.76. The fourth-order valence-corrected chi connectivity index (χ4v) is 2.76. The highest BCUT2D eigenvalue weighted by atomic mass is 16.5. The van der Waals surface area contributed by atoms with Crippen molar-refractivity contribution in [3.05, 3.63) is 0 Å². The van der Waals surface area contributed by atoms with Crippen molar-refractivity contribution in [2.75, 3.05) is 53.0 Å². The van der Waals surface area contributed by atoms with E-state index in [1.165, 1.54) is 0 Å². The first-order valence-electron chi connectivity index (χ1n) is 7.01. The van der Waals surface area contributed by atoms with Crippen LogP contribution in [0.1, 0.15) is 13.3 Å². The van der Waals surface area contributed by atoms with Crippen LogP contribution in [0.5, 0.6) is 0 Å². The van der Waals surface area contributed by atoms with E-state index in [0.717, 1.165) is 39.1 Å². The Kier molecular flexibility index (Phi) is 4.97. The minimum atomic E-state index is 0.00774. The van der Waals surface area contributed by atoms with E-state index in [0.29, 0.717) is 13.2 Å². The molecule has 2 aliphatic heterocycles. The van der Waals surface area contributed by atoms with Crippen LogP contribution in [0.25, 0.3) is 0 Å². The number of carbonyl (C=O) groups excluding carboxylic acids is 1. The van der Waals surface area contributed by atoms with Crippen molar-refractivity contribution < 1.29 is 9.53 Å². The molecule has 0 radical (unpaired) electrons. The molecule has 104 valence electrons. The lowest BCUT2D eigenvalue weighted by Crippen LogP contribution is -2.46. The highest BCUT2D eigenvalue weighted by Gasteiger charge is 2.36. The Balaban J connectivity index is 1.93. The lowest BCUT2D eigenvalue weighted by molar-refractivity contribution is -0.135. The summed E-state index contributed by atoms with van der Waals surface area (Å²) in [5.74, 6) is 0.280. The highest BCUT2D eigenvalue weighted by Crippen LogP contribution is 2.17. The molecule has 5 heteroatoms. The van der Waals surface area contributed by atoms with E-state index < -0.39 is 0 Å². The zero-order valence-electron chi connectivity index (χ0n) is 11.5. The number of ether oxygens (including phenoxy) is 1. The van der Waals surface area contributed by atoms with Crippen LogP contribution in [0.3, 0.4) is 0 Å². The minimum Gasteiger partial charge on any atom is -0.379 e. The summed E-state index contributed by atoms with van der Waals surface area (Å²) in [4.78, 5) is 16.8. The minimum absolute atomic E-state index is 0.00774. The molecule has 0 spiro atoms. The van der Waals surface area contributed by atoms with Gasteiger partial charge >= 0.3 is 0 Å². The van der Waals surface area contributed by atoms with Crippen molar-refractivity contribution in [3.63, 3.8) is 0 Å². The van der Waals surface area contributed by atoms with Crippen molar-refractivity contribution in [2.24, 2.45) is 5.92 Å². The molecule has 0 saturated carbocycles. The molecule has 1 amide bonds. The molecule has 2 heterocycles. The van der Waals surface area contributed by atoms with Gasteiger partial charge in [0.25, 0.3) is 0 Å². The van der Waals surface area contributed by atoms with Crippen molar-refractivity contribution in [2.45, 2.75) is 19.4 Å². The average Bonchev–Trinajstić information content (AvgIpc) is 2.70. The first-order valence-corrected chi connectivity index (χ1v) is 7.01. The van der Waals surface area contributed by atoms with Gasteiger partial charge in [-0.05, 0) is 26.6 Å². The zero-order valence-corrected chi connectivity index (χ0v) is 11.5. The molecular weight excluding hydrogens is 230 g/mol. The van der Waals surface area contributed by atoms with Gasteiger partial charge in [-0.25, -0.2) is 0 Å². The Morgan fingerprint density at radius 2 is 2.11 bits per heavy atom. The van der Waals surface area contributed by atoms with E-state index in [1.807, 2.05) is 4.90 Å². The second kappa shape index (κ2) is 6.50. The van der Waals surface area contributed by atoms with E-state index in [1.54, 1.807) is 0 Å². The van der Waals surface area contributed by atoms with Crippen LogP contribution in [0.15, 0.2) is 0 Å². The van der Waals surface area contributed by atoms with Gasteiger partial charge in [-0.2, -0.15) is 0 Å². The summed E-state index contributed by atoms with van der Waals surface area (Å²) in [6.07, 6.45) is 1.07. The highest BCUT2D eigenvalue weighted by molar-refractivity contribution is 5.80. The predicted octanol–water partition coefficient (Wildman–Crippen LogP) is -0.225. The lowest BCUT2D eigenvalue weighted by Gasteiger charge is -2.26. The van der Waals surface area contributed by atoms with Gasteiger partial charge < -0.3 is 19.9 Å². The molecule has 0 aliphatic carbocycles. The Hall–Kier alpha value is -0.650. The number of nitrogens with one attached hydrogen (secondary N) is 1. The molecule has 2 aliphatic rings. The van der Waals surface area contributed by atoms with Gasteiger partial charge in [0.2, 0.25) is 5.91 Å². The molecule has 2 fully saturated rings. The van der Waals surface area contributed by atoms with Gasteiger partial charge in [-0.1, -0.05) is 6.92 Å². The summed E-state index contributed by atoms with van der Waals surface area (Å²) in [5, 5.41) is 3.36. The third kappa shape index (κ3) is 3.22. The van der Waals surface area contributed by atoms with Crippen LogP contribution in [0.4, 0.5) is 0 Å². The molecule has 18 heavy (non-hydrogen) atoms. The maximum Gasteiger partial charge on any atom is 0.229 e. The van der Waals surface area contributed by atoms with Crippen LogP contribution < -0.4 is 5.32 Å². The fraction of sp³-hybridized carbons (Fsp3) is 0.923. The van der Waals surface area contributed by atoms with Crippen LogP contribution in [0.2, 0.25) is 0 Å². The number of likely N-dealkylation sites (N-methyl/N-ethyl adjacent to an activating group) is 2. The SMILES string of the molecule is CCNC1COCC1C(=O)N1CCCN(C)CC1. The molecule has 1 N–H and O–H groups in total. The maximum absolute atomic E-state index is 12.5. The number of amides is 1. The third-order valence-corrected chi connectivity index (χ3v) is 3.90. The first kappa shape index (κ1) is 13.8. The second-order valence-electron chi connectivity index (χ2n) is 5.29. The van der Waals surface area contributed by atoms with Gasteiger partial charge in [0, 0.05) is 25.7 Å². The second-order valence-corrected chi connectivity index (χ2v) is 5.29. The van der Waals surface area contributed by atoms with Crippen molar-refractivity contribution in [1.29, 1.82) is 0 Å². The van der Waals surface area contributed by atoms with Gasteiger partial charge in [0.05, 0.1) is 19.1 Å². The molecule has 2 rings (SSSR count). The first-order chi connectivity index (χ1) is 8.72. The quantitative estimate of drug-likeness (QED) is 0.757. The van der Waals surface area contributed by atoms with E-state index in [-0.39, 0.29) is 17.9 Å². The van der Waals surface area contributed by atoms with E-state index in [2.05, 4.69) is 24.2 Å². The summed E-state index contributed by atoms with van der Waals surface area (Å²) in [5.41, 5.74) is 0. The Labute approximate surface area is 109 Å². The van der Waals surface area contributed by atoms with Gasteiger partial charge in [0.15, 0.2) is 0 Å². The third-order valence-electron chi connectivity index (χ3n) is 3.90. The predicted molar refractivity (Wildman–Crippen MR) is 70.5 cm³/mol. The molecule has 5 nitrogen and oxygen atoms in total. The van der Waals surface area contributed by atoms with Crippen LogP contribution in [0, 0.1) is 5.92 Å². The summed E-state index contributed by atoms with van der Waals surface area (Å²) >= 11 is 0. The molecule has 2 unspecified atom stereocenters. The largest absolute Gasteiger partial charge is 0.379 e. The van der Waals surface area contributed by atoms with E-state index >= 15 is 0 Å². The number of hydrogen-bond acceptors (Lipinski definition) is 4. The maximum atomic E-state index is 12.5. The lowest BCUT2D eigenvalue weighted by atomic mass is 10.0. The van der Waals surface area contributed by atoms with Crippen LogP contribution in [-0.2, 0) is 9.53 Å². The topological polar surface area (TPSA) is 44.8 Å². The Morgan fingerprint density at radius 1 is 1.28 bits per heavy atom. The summed E-state index contributed by atoms with van der Waals surface area (Å²) in [6.45, 7) is 8.00. The molecule has 0 aromatic heterocycles. The Morgan fingerprint density at radius 3 is 2.89 bits per heavy atom. The van der Waals surface area contributed by atoms with Crippen molar-refractivity contribution >= 4 is 5.91 Å². The summed E-state index contributed by atoms with van der Waals surface area (Å²) in [6, 6.07) is 0.198. The molecule has 2 saturated heterocycles. The summed E-state index contributed by atoms with van der Waals surface area (Å²) < 4.78 is 5.47. The molecule has 0 bridgehead atoms. The Bertz CT molecular complexity index is 285. The zero-order chi connectivity index (χ0) is 13.0. The van der Waals surface area contributed by atoms with Crippen LogP contribution >= 0.6 is 0 Å². The number of rotatable bonds is 3. The van der Waals surface area contributed by atoms with Crippen LogP contribution in [-0.4, -0.2) is 74.7 Å². The normalized spacial score (nSPS) is 30.4. The monoisotopic (exact) mass is 255 g/mol. The smallest absolute Gasteiger partial charge is 0.229 e. The number of hydrogen-bond donors (Lipinski definition) is 1. The van der Waals surface area contributed by atoms with E-state index in [9.17, 15) is 4.79 Å². The van der Waals surface area contributed by atoms with Gasteiger partial charge in [0.1, 0.15) is 0 Å². The van der Waals surface area contributed by atoms with Crippen molar-refractivity contribution in [3.8, 4) is 0 Å². The van der Waals surface area contributed by atoms with Gasteiger partial charge in [-0.15, -0.1) is 0 Å². The number of nitrogens with zero attached hydrogens (tertiary/aromatic N) is 2. The van der Waals surface area contributed by atoms with Crippen molar-refractivity contribution in [1.82, 2.24) is 15.1 Å². The molecule has 0 aromatic rings. The number of carbonyl (C=O) groups is 1. The molecule has 0 aromatic carbocycles. The molecular formula is C13H25N3O2.